The van der Waals surface area contributed by atoms with Crippen LogP contribution >= 0.6 is 0 Å². The Kier molecular flexibility index (Phi) is 5.63. The molecule has 0 saturated carbocycles. The summed E-state index contributed by atoms with van der Waals surface area (Å²) < 4.78 is 0. The molecular formula is C12H15NO5. The van der Waals surface area contributed by atoms with Gasteiger partial charge < -0.3 is 0 Å². The normalized spacial score (nSPS) is 9.83. The van der Waals surface area contributed by atoms with E-state index >= 15 is 0 Å². The van der Waals surface area contributed by atoms with Gasteiger partial charge in [-0.1, -0.05) is 25.8 Å². The average Bonchev–Trinajstić information content (AvgIpc) is 2.37. The Hall–Kier alpha value is -2.11. The highest BCUT2D eigenvalue weighted by molar-refractivity contribution is 5.68. The van der Waals surface area contributed by atoms with Crippen LogP contribution in [0, 0.1) is 10.1 Å². The van der Waals surface area contributed by atoms with E-state index in [1.165, 1.54) is 24.3 Å². The van der Waals surface area contributed by atoms with E-state index in [9.17, 15) is 14.9 Å². The van der Waals surface area contributed by atoms with Gasteiger partial charge in [-0.25, -0.2) is 4.79 Å². The minimum atomic E-state index is -0.546. The van der Waals surface area contributed by atoms with E-state index in [0.717, 1.165) is 19.3 Å². The van der Waals surface area contributed by atoms with Crippen LogP contribution in [0.4, 0.5) is 5.69 Å². The van der Waals surface area contributed by atoms with Crippen molar-refractivity contribution in [3.8, 4) is 5.75 Å². The van der Waals surface area contributed by atoms with E-state index in [0.29, 0.717) is 0 Å². The highest BCUT2D eigenvalue weighted by atomic mass is 17.2. The number of hydrogen-bond donors (Lipinski definition) is 0. The molecule has 0 heterocycles. The van der Waals surface area contributed by atoms with Gasteiger partial charge in [0.15, 0.2) is 5.75 Å². The first-order valence-corrected chi connectivity index (χ1v) is 5.75. The maximum atomic E-state index is 11.2. The van der Waals surface area contributed by atoms with Gasteiger partial charge in [0, 0.05) is 6.07 Å². The molecule has 98 valence electrons. The summed E-state index contributed by atoms with van der Waals surface area (Å²) in [7, 11) is 0. The molecule has 1 aromatic carbocycles. The van der Waals surface area contributed by atoms with Gasteiger partial charge in [-0.15, -0.1) is 0 Å². The zero-order valence-electron chi connectivity index (χ0n) is 10.1. The van der Waals surface area contributed by atoms with Gasteiger partial charge in [-0.3, -0.25) is 19.9 Å². The van der Waals surface area contributed by atoms with Crippen LogP contribution in [0.5, 0.6) is 5.75 Å². The minimum Gasteiger partial charge on any atom is -0.287 e. The van der Waals surface area contributed by atoms with Crippen molar-refractivity contribution in [1.29, 1.82) is 0 Å². The molecule has 0 aliphatic carbocycles. The number of nitrogens with zero attached hydrogens (tertiary/aromatic N) is 1. The lowest BCUT2D eigenvalue weighted by Gasteiger charge is -2.03. The maximum absolute atomic E-state index is 11.2. The van der Waals surface area contributed by atoms with Crippen LogP contribution in [-0.2, 0) is 9.68 Å². The molecule has 0 aromatic heterocycles. The van der Waals surface area contributed by atoms with Gasteiger partial charge >= 0.3 is 5.97 Å². The zero-order chi connectivity index (χ0) is 13.4. The van der Waals surface area contributed by atoms with E-state index in [-0.39, 0.29) is 17.9 Å². The summed E-state index contributed by atoms with van der Waals surface area (Å²) in [5.41, 5.74) is -0.116. The fourth-order valence-corrected chi connectivity index (χ4v) is 1.30. The molecule has 0 saturated heterocycles. The summed E-state index contributed by atoms with van der Waals surface area (Å²) in [4.78, 5) is 30.5. The van der Waals surface area contributed by atoms with Crippen molar-refractivity contribution in [1.82, 2.24) is 0 Å². The third kappa shape index (κ3) is 4.82. The van der Waals surface area contributed by atoms with E-state index in [4.69, 9.17) is 4.89 Å². The topological polar surface area (TPSA) is 78.7 Å². The van der Waals surface area contributed by atoms with Crippen LogP contribution in [0.25, 0.3) is 0 Å². The van der Waals surface area contributed by atoms with Crippen LogP contribution in [-0.4, -0.2) is 10.9 Å². The molecule has 0 radical (unpaired) electrons. The molecule has 18 heavy (non-hydrogen) atoms. The van der Waals surface area contributed by atoms with Crippen molar-refractivity contribution >= 4 is 11.7 Å². The van der Waals surface area contributed by atoms with Gasteiger partial charge in [-0.05, 0) is 12.5 Å². The Morgan fingerprint density at radius 2 is 2.17 bits per heavy atom. The molecule has 0 atom stereocenters. The lowest BCUT2D eigenvalue weighted by atomic mass is 10.2. The molecule has 0 spiro atoms. The second kappa shape index (κ2) is 7.26. The van der Waals surface area contributed by atoms with Crippen molar-refractivity contribution in [2.24, 2.45) is 0 Å². The van der Waals surface area contributed by atoms with Crippen molar-refractivity contribution in [2.75, 3.05) is 0 Å². The first-order valence-electron chi connectivity index (χ1n) is 5.75. The number of nitro benzene ring substituents is 1. The first-order chi connectivity index (χ1) is 8.63. The average molecular weight is 253 g/mol. The number of nitro groups is 1. The van der Waals surface area contributed by atoms with Crippen molar-refractivity contribution in [2.45, 2.75) is 32.6 Å². The first kappa shape index (κ1) is 14.0. The molecule has 0 amide bonds. The van der Waals surface area contributed by atoms with Crippen LogP contribution in [0.3, 0.4) is 0 Å². The molecule has 6 heteroatoms. The van der Waals surface area contributed by atoms with Crippen molar-refractivity contribution < 1.29 is 19.5 Å². The Bertz CT molecular complexity index is 419. The second-order valence-electron chi connectivity index (χ2n) is 3.75. The number of carbonyl (C=O) groups excluding carboxylic acids is 1. The Morgan fingerprint density at radius 3 is 2.83 bits per heavy atom. The van der Waals surface area contributed by atoms with Gasteiger partial charge in [-0.2, -0.15) is 0 Å². The van der Waals surface area contributed by atoms with Gasteiger partial charge in [0.25, 0.3) is 5.69 Å². The second-order valence-corrected chi connectivity index (χ2v) is 3.75. The van der Waals surface area contributed by atoms with Gasteiger partial charge in [0.05, 0.1) is 17.4 Å². The lowest BCUT2D eigenvalue weighted by molar-refractivity contribution is -0.385. The Morgan fingerprint density at radius 1 is 1.39 bits per heavy atom. The van der Waals surface area contributed by atoms with E-state index in [1.54, 1.807) is 0 Å². The fraction of sp³-hybridized carbons (Fsp3) is 0.417. The maximum Gasteiger partial charge on any atom is 0.355 e. The van der Waals surface area contributed by atoms with Crippen molar-refractivity contribution in [3.63, 3.8) is 0 Å². The quantitative estimate of drug-likeness (QED) is 0.323. The molecule has 0 fully saturated rings. The molecular weight excluding hydrogens is 238 g/mol. The molecule has 0 aliphatic heterocycles. The summed E-state index contributed by atoms with van der Waals surface area (Å²) in [5, 5.41) is 10.5. The van der Waals surface area contributed by atoms with Crippen molar-refractivity contribution in [3.05, 3.63) is 34.4 Å². The summed E-state index contributed by atoms with van der Waals surface area (Å²) in [6.07, 6.45) is 2.99. The largest absolute Gasteiger partial charge is 0.355 e. The molecule has 6 nitrogen and oxygen atoms in total. The number of benzene rings is 1. The number of hydrogen-bond acceptors (Lipinski definition) is 5. The van der Waals surface area contributed by atoms with Crippen LogP contribution < -0.4 is 4.89 Å². The van der Waals surface area contributed by atoms with Gasteiger partial charge in [0.2, 0.25) is 0 Å². The third-order valence-corrected chi connectivity index (χ3v) is 2.24. The van der Waals surface area contributed by atoms with E-state index in [1.807, 2.05) is 6.92 Å². The van der Waals surface area contributed by atoms with Crippen LogP contribution in [0.1, 0.15) is 32.6 Å². The number of unbranched alkanes of at least 4 members (excludes halogenated alkanes) is 2. The molecule has 0 N–H and O–H groups in total. The number of carbonyl (C=O) groups is 1. The number of non-ortho nitro benzene ring substituents is 1. The molecule has 0 unspecified atom stereocenters. The number of rotatable bonds is 7. The minimum absolute atomic E-state index is 0.116. The monoisotopic (exact) mass is 253 g/mol. The SMILES string of the molecule is CCCCCC(=O)OOc1cccc([N+](=O)[O-])c1. The van der Waals surface area contributed by atoms with E-state index < -0.39 is 10.9 Å². The highest BCUT2D eigenvalue weighted by Crippen LogP contribution is 2.19. The third-order valence-electron chi connectivity index (χ3n) is 2.24. The zero-order valence-corrected chi connectivity index (χ0v) is 10.1. The Balaban J connectivity index is 2.41. The molecule has 0 aliphatic rings. The smallest absolute Gasteiger partial charge is 0.287 e. The van der Waals surface area contributed by atoms with Crippen LogP contribution in [0.2, 0.25) is 0 Å². The van der Waals surface area contributed by atoms with E-state index in [2.05, 4.69) is 4.89 Å². The Labute approximate surface area is 105 Å². The lowest BCUT2D eigenvalue weighted by Crippen LogP contribution is -2.07. The fourth-order valence-electron chi connectivity index (χ4n) is 1.30. The molecule has 1 rings (SSSR count). The van der Waals surface area contributed by atoms with Crippen LogP contribution in [0.15, 0.2) is 24.3 Å². The summed E-state index contributed by atoms with van der Waals surface area (Å²) in [6, 6.07) is 5.46. The summed E-state index contributed by atoms with van der Waals surface area (Å²) in [5.74, 6) is -0.344. The van der Waals surface area contributed by atoms with Gasteiger partial charge in [0.1, 0.15) is 0 Å². The molecule has 1 aromatic rings. The predicted octanol–water partition coefficient (Wildman–Crippen LogP) is 3.01. The highest BCUT2D eigenvalue weighted by Gasteiger charge is 2.09. The predicted molar refractivity (Wildman–Crippen MR) is 64.0 cm³/mol. The standard InChI is InChI=1S/C12H15NO5/c1-2-3-4-8-12(14)18-17-11-7-5-6-10(9-11)13(15)16/h5-7,9H,2-4,8H2,1H3. The summed E-state index contributed by atoms with van der Waals surface area (Å²) in [6.45, 7) is 2.03. The molecule has 0 bridgehead atoms. The summed E-state index contributed by atoms with van der Waals surface area (Å²) >= 11 is 0.